The molecule has 0 bridgehead atoms. The van der Waals surface area contributed by atoms with Gasteiger partial charge in [-0.3, -0.25) is 4.90 Å². The van der Waals surface area contributed by atoms with Crippen LogP contribution in [-0.2, 0) is 0 Å². The Labute approximate surface area is 87.5 Å². The zero-order chi connectivity index (χ0) is 10.8. The third-order valence-electron chi connectivity index (χ3n) is 3.25. The van der Waals surface area contributed by atoms with Gasteiger partial charge in [0.25, 0.3) is 0 Å². The first-order valence-electron chi connectivity index (χ1n) is 5.56. The van der Waals surface area contributed by atoms with Gasteiger partial charge in [0, 0.05) is 31.2 Å². The second kappa shape index (κ2) is 4.60. The van der Waals surface area contributed by atoms with E-state index in [1.165, 1.54) is 0 Å². The van der Waals surface area contributed by atoms with Crippen LogP contribution in [0.1, 0.15) is 27.7 Å². The number of nitrogens with zero attached hydrogens (tertiary/aromatic N) is 1. The SMILES string of the molecule is CC(C)C1CN(C(C)(C)CO)CCN1. The lowest BCUT2D eigenvalue weighted by Crippen LogP contribution is -2.60. The summed E-state index contributed by atoms with van der Waals surface area (Å²) in [5.74, 6) is 0.660. The van der Waals surface area contributed by atoms with Crippen molar-refractivity contribution in [2.75, 3.05) is 26.2 Å². The second-order valence-corrected chi connectivity index (χ2v) is 5.22. The normalized spacial score (nSPS) is 25.7. The molecule has 1 unspecified atom stereocenters. The maximum Gasteiger partial charge on any atom is 0.0610 e. The van der Waals surface area contributed by atoms with E-state index in [0.29, 0.717) is 12.0 Å². The zero-order valence-corrected chi connectivity index (χ0v) is 9.88. The van der Waals surface area contributed by atoms with Crippen molar-refractivity contribution in [3.05, 3.63) is 0 Å². The topological polar surface area (TPSA) is 35.5 Å². The number of piperazine rings is 1. The molecule has 0 aromatic heterocycles. The van der Waals surface area contributed by atoms with Gasteiger partial charge in [0.15, 0.2) is 0 Å². The molecule has 1 aliphatic heterocycles. The van der Waals surface area contributed by atoms with Crippen LogP contribution in [0, 0.1) is 5.92 Å². The lowest BCUT2D eigenvalue weighted by Gasteiger charge is -2.44. The summed E-state index contributed by atoms with van der Waals surface area (Å²) in [4.78, 5) is 2.38. The van der Waals surface area contributed by atoms with Crippen molar-refractivity contribution >= 4 is 0 Å². The van der Waals surface area contributed by atoms with E-state index in [-0.39, 0.29) is 12.1 Å². The van der Waals surface area contributed by atoms with Gasteiger partial charge in [0.1, 0.15) is 0 Å². The molecule has 0 radical (unpaired) electrons. The fourth-order valence-corrected chi connectivity index (χ4v) is 1.87. The molecule has 1 aliphatic rings. The van der Waals surface area contributed by atoms with Crippen molar-refractivity contribution in [2.45, 2.75) is 39.3 Å². The average Bonchev–Trinajstić information content (AvgIpc) is 2.18. The molecule has 3 nitrogen and oxygen atoms in total. The molecule has 1 rings (SSSR count). The Morgan fingerprint density at radius 2 is 2.14 bits per heavy atom. The van der Waals surface area contributed by atoms with E-state index in [1.54, 1.807) is 0 Å². The molecule has 0 spiro atoms. The minimum atomic E-state index is -0.0742. The van der Waals surface area contributed by atoms with Crippen molar-refractivity contribution in [3.63, 3.8) is 0 Å². The standard InChI is InChI=1S/C11H24N2O/c1-9(2)10-7-13(6-5-12-10)11(3,4)8-14/h9-10,12,14H,5-8H2,1-4H3. The van der Waals surface area contributed by atoms with E-state index in [1.807, 2.05) is 0 Å². The van der Waals surface area contributed by atoms with E-state index < -0.39 is 0 Å². The first-order chi connectivity index (χ1) is 6.47. The monoisotopic (exact) mass is 200 g/mol. The number of hydrogen-bond donors (Lipinski definition) is 2. The Morgan fingerprint density at radius 3 is 2.64 bits per heavy atom. The van der Waals surface area contributed by atoms with Crippen LogP contribution in [0.15, 0.2) is 0 Å². The largest absolute Gasteiger partial charge is 0.394 e. The van der Waals surface area contributed by atoms with Crippen LogP contribution in [0.4, 0.5) is 0 Å². The van der Waals surface area contributed by atoms with Gasteiger partial charge in [0.2, 0.25) is 0 Å². The highest BCUT2D eigenvalue weighted by Crippen LogP contribution is 2.18. The molecule has 1 atom stereocenters. The molecule has 1 fully saturated rings. The molecule has 14 heavy (non-hydrogen) atoms. The summed E-state index contributed by atoms with van der Waals surface area (Å²) in [5, 5.41) is 12.8. The summed E-state index contributed by atoms with van der Waals surface area (Å²) in [6.45, 7) is 12.1. The molecule has 0 aliphatic carbocycles. The predicted octanol–water partition coefficient (Wildman–Crippen LogP) is 0.687. The number of aliphatic hydroxyl groups excluding tert-OH is 1. The Hall–Kier alpha value is -0.120. The van der Waals surface area contributed by atoms with E-state index in [4.69, 9.17) is 0 Å². The van der Waals surface area contributed by atoms with Crippen LogP contribution < -0.4 is 5.32 Å². The molecule has 0 aromatic carbocycles. The molecule has 0 saturated carbocycles. The molecule has 1 heterocycles. The van der Waals surface area contributed by atoms with Crippen LogP contribution in [0.5, 0.6) is 0 Å². The van der Waals surface area contributed by atoms with Gasteiger partial charge in [-0.2, -0.15) is 0 Å². The molecular weight excluding hydrogens is 176 g/mol. The molecule has 1 saturated heterocycles. The molecule has 84 valence electrons. The van der Waals surface area contributed by atoms with Gasteiger partial charge in [-0.15, -0.1) is 0 Å². The van der Waals surface area contributed by atoms with Crippen LogP contribution in [0.2, 0.25) is 0 Å². The van der Waals surface area contributed by atoms with Gasteiger partial charge < -0.3 is 10.4 Å². The highest BCUT2D eigenvalue weighted by Gasteiger charge is 2.31. The lowest BCUT2D eigenvalue weighted by molar-refractivity contribution is 0.0283. The molecule has 0 amide bonds. The summed E-state index contributed by atoms with van der Waals surface area (Å²) < 4.78 is 0. The number of aliphatic hydroxyl groups is 1. The van der Waals surface area contributed by atoms with Crippen LogP contribution in [0.25, 0.3) is 0 Å². The summed E-state index contributed by atoms with van der Waals surface area (Å²) >= 11 is 0. The van der Waals surface area contributed by atoms with E-state index in [0.717, 1.165) is 19.6 Å². The van der Waals surface area contributed by atoms with Gasteiger partial charge in [-0.25, -0.2) is 0 Å². The maximum absolute atomic E-state index is 9.31. The molecule has 0 aromatic rings. The zero-order valence-electron chi connectivity index (χ0n) is 9.88. The number of nitrogens with one attached hydrogen (secondary N) is 1. The van der Waals surface area contributed by atoms with Crippen LogP contribution >= 0.6 is 0 Å². The molecular formula is C11H24N2O. The van der Waals surface area contributed by atoms with Gasteiger partial charge in [0.05, 0.1) is 6.61 Å². The first-order valence-corrected chi connectivity index (χ1v) is 5.56. The van der Waals surface area contributed by atoms with Gasteiger partial charge in [-0.05, 0) is 19.8 Å². The Kier molecular flexibility index (Phi) is 3.93. The lowest BCUT2D eigenvalue weighted by atomic mass is 9.97. The summed E-state index contributed by atoms with van der Waals surface area (Å²) in [7, 11) is 0. The maximum atomic E-state index is 9.31. The van der Waals surface area contributed by atoms with E-state index in [2.05, 4.69) is 37.9 Å². The highest BCUT2D eigenvalue weighted by atomic mass is 16.3. The van der Waals surface area contributed by atoms with Crippen molar-refractivity contribution in [2.24, 2.45) is 5.92 Å². The third kappa shape index (κ3) is 2.69. The summed E-state index contributed by atoms with van der Waals surface area (Å²) in [6.07, 6.45) is 0. The van der Waals surface area contributed by atoms with E-state index in [9.17, 15) is 5.11 Å². The fraction of sp³-hybridized carbons (Fsp3) is 1.00. The third-order valence-corrected chi connectivity index (χ3v) is 3.25. The first kappa shape index (κ1) is 12.0. The quantitative estimate of drug-likeness (QED) is 0.703. The van der Waals surface area contributed by atoms with Gasteiger partial charge >= 0.3 is 0 Å². The Bertz CT molecular complexity index is 180. The second-order valence-electron chi connectivity index (χ2n) is 5.22. The van der Waals surface area contributed by atoms with Gasteiger partial charge in [-0.1, -0.05) is 13.8 Å². The highest BCUT2D eigenvalue weighted by molar-refractivity contribution is 4.89. The predicted molar refractivity (Wildman–Crippen MR) is 59.4 cm³/mol. The number of hydrogen-bond acceptors (Lipinski definition) is 3. The molecule has 3 heteroatoms. The summed E-state index contributed by atoms with van der Waals surface area (Å²) in [6, 6.07) is 0.564. The van der Waals surface area contributed by atoms with Crippen molar-refractivity contribution in [1.82, 2.24) is 10.2 Å². The minimum Gasteiger partial charge on any atom is -0.394 e. The average molecular weight is 200 g/mol. The van der Waals surface area contributed by atoms with Crippen molar-refractivity contribution in [3.8, 4) is 0 Å². The van der Waals surface area contributed by atoms with Crippen molar-refractivity contribution in [1.29, 1.82) is 0 Å². The molecule has 2 N–H and O–H groups in total. The Morgan fingerprint density at radius 1 is 1.50 bits per heavy atom. The fourth-order valence-electron chi connectivity index (χ4n) is 1.87. The minimum absolute atomic E-state index is 0.0742. The van der Waals surface area contributed by atoms with Crippen molar-refractivity contribution < 1.29 is 5.11 Å². The summed E-state index contributed by atoms with van der Waals surface area (Å²) in [5.41, 5.74) is -0.0742. The number of rotatable bonds is 3. The van der Waals surface area contributed by atoms with E-state index >= 15 is 0 Å². The Balaban J connectivity index is 2.56. The van der Waals surface area contributed by atoms with Crippen LogP contribution in [-0.4, -0.2) is 47.8 Å². The smallest absolute Gasteiger partial charge is 0.0610 e. The van der Waals surface area contributed by atoms with Crippen LogP contribution in [0.3, 0.4) is 0 Å².